The summed E-state index contributed by atoms with van der Waals surface area (Å²) in [6.07, 6.45) is 1.63. The molecule has 0 aliphatic heterocycles. The Labute approximate surface area is 148 Å². The topological polar surface area (TPSA) is 65.2 Å². The van der Waals surface area contributed by atoms with Gasteiger partial charge in [-0.2, -0.15) is 5.10 Å². The molecular formula is C18H17N3O3S. The van der Waals surface area contributed by atoms with E-state index in [1.165, 1.54) is 14.0 Å². The molecule has 3 rings (SSSR count). The van der Waals surface area contributed by atoms with E-state index in [-0.39, 0.29) is 0 Å². The first-order chi connectivity index (χ1) is 12.1. The van der Waals surface area contributed by atoms with Crippen molar-refractivity contribution in [3.63, 3.8) is 0 Å². The number of aromatic nitrogens is 1. The number of hydrogen-bond donors (Lipinski definition) is 0. The lowest BCUT2D eigenvalue weighted by atomic mass is 10.2. The lowest BCUT2D eigenvalue weighted by Crippen LogP contribution is -2.08. The van der Waals surface area contributed by atoms with Gasteiger partial charge in [0.2, 0.25) is 4.80 Å². The van der Waals surface area contributed by atoms with Gasteiger partial charge in [-0.15, -0.1) is 5.10 Å². The van der Waals surface area contributed by atoms with Gasteiger partial charge >= 0.3 is 5.97 Å². The summed E-state index contributed by atoms with van der Waals surface area (Å²) in [6.45, 7) is 1.35. The second-order valence-corrected chi connectivity index (χ2v) is 6.27. The van der Waals surface area contributed by atoms with E-state index in [9.17, 15) is 4.79 Å². The number of rotatable bonds is 4. The second kappa shape index (κ2) is 7.31. The largest absolute Gasteiger partial charge is 0.493 e. The monoisotopic (exact) mass is 355 g/mol. The number of hydrogen-bond acceptors (Lipinski definition) is 6. The third-order valence-electron chi connectivity index (χ3n) is 3.51. The molecule has 7 heteroatoms. The Hall–Kier alpha value is -2.93. The number of fused-ring (bicyclic) bond motifs is 1. The Bertz CT molecular complexity index is 1020. The van der Waals surface area contributed by atoms with Crippen LogP contribution in [0.2, 0.25) is 0 Å². The van der Waals surface area contributed by atoms with Gasteiger partial charge in [0.05, 0.1) is 23.5 Å². The summed E-state index contributed by atoms with van der Waals surface area (Å²) < 4.78 is 13.5. The summed E-state index contributed by atoms with van der Waals surface area (Å²) in [7, 11) is 3.48. The van der Waals surface area contributed by atoms with Gasteiger partial charge in [0, 0.05) is 14.0 Å². The SMILES string of the molecule is COc1cc(/C=N\N=c2\sc3ccccc3n2C)ccc1OC(C)=O. The molecule has 128 valence electrons. The van der Waals surface area contributed by atoms with Crippen LogP contribution in [0.25, 0.3) is 10.2 Å². The van der Waals surface area contributed by atoms with Crippen molar-refractivity contribution in [2.45, 2.75) is 6.92 Å². The van der Waals surface area contributed by atoms with Gasteiger partial charge in [-0.3, -0.25) is 4.79 Å². The molecule has 1 aromatic heterocycles. The molecule has 0 saturated heterocycles. The molecule has 0 bridgehead atoms. The molecule has 3 aromatic rings. The van der Waals surface area contributed by atoms with E-state index in [1.54, 1.807) is 35.8 Å². The normalized spacial score (nSPS) is 12.0. The summed E-state index contributed by atoms with van der Waals surface area (Å²) in [6, 6.07) is 13.3. The molecule has 0 saturated carbocycles. The standard InChI is InChI=1S/C18H17N3O3S/c1-12(22)24-15-9-8-13(10-16(15)23-3)11-19-20-18-21(2)14-6-4-5-7-17(14)25-18/h4-11H,1-3H3/b19-11-,20-18+. The van der Waals surface area contributed by atoms with Gasteiger partial charge in [-0.1, -0.05) is 23.5 Å². The number of benzene rings is 2. The predicted octanol–water partition coefficient (Wildman–Crippen LogP) is 3.11. The van der Waals surface area contributed by atoms with Crippen molar-refractivity contribution in [1.29, 1.82) is 0 Å². The average molecular weight is 355 g/mol. The van der Waals surface area contributed by atoms with Gasteiger partial charge in [-0.25, -0.2) is 0 Å². The van der Waals surface area contributed by atoms with Crippen LogP contribution in [0.1, 0.15) is 12.5 Å². The van der Waals surface area contributed by atoms with E-state index in [0.717, 1.165) is 20.6 Å². The highest BCUT2D eigenvalue weighted by Gasteiger charge is 2.07. The van der Waals surface area contributed by atoms with Crippen LogP contribution in [-0.2, 0) is 11.8 Å². The van der Waals surface area contributed by atoms with Crippen molar-refractivity contribution >= 4 is 33.7 Å². The number of methoxy groups -OCH3 is 1. The van der Waals surface area contributed by atoms with E-state index in [2.05, 4.69) is 16.3 Å². The highest BCUT2D eigenvalue weighted by molar-refractivity contribution is 7.16. The maximum atomic E-state index is 11.1. The lowest BCUT2D eigenvalue weighted by molar-refractivity contribution is -0.132. The van der Waals surface area contributed by atoms with Crippen molar-refractivity contribution in [2.75, 3.05) is 7.11 Å². The van der Waals surface area contributed by atoms with E-state index < -0.39 is 5.97 Å². The van der Waals surface area contributed by atoms with E-state index in [4.69, 9.17) is 9.47 Å². The lowest BCUT2D eigenvalue weighted by Gasteiger charge is -2.07. The van der Waals surface area contributed by atoms with Crippen molar-refractivity contribution in [1.82, 2.24) is 4.57 Å². The van der Waals surface area contributed by atoms with Crippen LogP contribution in [0.3, 0.4) is 0 Å². The fourth-order valence-corrected chi connectivity index (χ4v) is 3.30. The van der Waals surface area contributed by atoms with Crippen LogP contribution in [-0.4, -0.2) is 23.9 Å². The highest BCUT2D eigenvalue weighted by atomic mass is 32.1. The van der Waals surface area contributed by atoms with Gasteiger partial charge in [-0.05, 0) is 35.9 Å². The Morgan fingerprint density at radius 2 is 2.00 bits per heavy atom. The molecule has 2 aromatic carbocycles. The molecule has 0 radical (unpaired) electrons. The van der Waals surface area contributed by atoms with Crippen LogP contribution in [0, 0.1) is 0 Å². The van der Waals surface area contributed by atoms with Gasteiger partial charge in [0.1, 0.15) is 0 Å². The summed E-state index contributed by atoms with van der Waals surface area (Å²) in [5.74, 6) is 0.443. The fraction of sp³-hybridized carbons (Fsp3) is 0.167. The van der Waals surface area contributed by atoms with Gasteiger partial charge < -0.3 is 14.0 Å². The minimum absolute atomic E-state index is 0.375. The minimum Gasteiger partial charge on any atom is -0.493 e. The number of thiazole rings is 1. The Morgan fingerprint density at radius 1 is 1.20 bits per heavy atom. The Morgan fingerprint density at radius 3 is 2.72 bits per heavy atom. The first-order valence-corrected chi connectivity index (χ1v) is 8.38. The van der Waals surface area contributed by atoms with Gasteiger partial charge in [0.15, 0.2) is 11.5 Å². The molecule has 1 heterocycles. The Kier molecular flexibility index (Phi) is 4.95. The molecule has 0 fully saturated rings. The fourth-order valence-electron chi connectivity index (χ4n) is 2.33. The van der Waals surface area contributed by atoms with E-state index in [0.29, 0.717) is 11.5 Å². The summed E-state index contributed by atoms with van der Waals surface area (Å²) in [5.41, 5.74) is 1.91. The van der Waals surface area contributed by atoms with Crippen molar-refractivity contribution in [3.8, 4) is 11.5 Å². The van der Waals surface area contributed by atoms with Crippen molar-refractivity contribution in [3.05, 3.63) is 52.8 Å². The molecule has 0 aliphatic rings. The minimum atomic E-state index is -0.396. The van der Waals surface area contributed by atoms with E-state index >= 15 is 0 Å². The molecule has 25 heavy (non-hydrogen) atoms. The molecule has 0 spiro atoms. The zero-order chi connectivity index (χ0) is 17.8. The van der Waals surface area contributed by atoms with Crippen LogP contribution in [0.5, 0.6) is 11.5 Å². The number of nitrogens with zero attached hydrogens (tertiary/aromatic N) is 3. The number of para-hydroxylation sites is 1. The smallest absolute Gasteiger partial charge is 0.308 e. The zero-order valence-corrected chi connectivity index (χ0v) is 14.9. The first kappa shape index (κ1) is 16.9. The van der Waals surface area contributed by atoms with Crippen molar-refractivity contribution in [2.24, 2.45) is 17.3 Å². The number of aryl methyl sites for hydroxylation is 1. The maximum absolute atomic E-state index is 11.1. The molecular weight excluding hydrogens is 338 g/mol. The quantitative estimate of drug-likeness (QED) is 0.313. The van der Waals surface area contributed by atoms with E-state index in [1.807, 2.05) is 29.8 Å². The highest BCUT2D eigenvalue weighted by Crippen LogP contribution is 2.27. The van der Waals surface area contributed by atoms with Gasteiger partial charge in [0.25, 0.3) is 0 Å². The third-order valence-corrected chi connectivity index (χ3v) is 4.61. The Balaban J connectivity index is 1.88. The molecule has 0 N–H and O–H groups in total. The number of ether oxygens (including phenoxy) is 2. The second-order valence-electron chi connectivity index (χ2n) is 5.26. The predicted molar refractivity (Wildman–Crippen MR) is 98.3 cm³/mol. The molecule has 0 amide bonds. The van der Waals surface area contributed by atoms with Crippen LogP contribution in [0.15, 0.2) is 52.7 Å². The summed E-state index contributed by atoms with van der Waals surface area (Å²) in [4.78, 5) is 11.9. The molecule has 0 aliphatic carbocycles. The maximum Gasteiger partial charge on any atom is 0.308 e. The average Bonchev–Trinajstić information content (AvgIpc) is 2.92. The third kappa shape index (κ3) is 3.77. The number of esters is 1. The summed E-state index contributed by atoms with van der Waals surface area (Å²) >= 11 is 1.58. The first-order valence-electron chi connectivity index (χ1n) is 7.56. The summed E-state index contributed by atoms with van der Waals surface area (Å²) in [5, 5.41) is 8.45. The number of carbonyl (C=O) groups is 1. The van der Waals surface area contributed by atoms with Crippen molar-refractivity contribution < 1.29 is 14.3 Å². The molecule has 0 unspecified atom stereocenters. The molecule has 6 nitrogen and oxygen atoms in total. The van der Waals surface area contributed by atoms with Crippen LogP contribution < -0.4 is 14.3 Å². The van der Waals surface area contributed by atoms with Crippen LogP contribution in [0.4, 0.5) is 0 Å². The van der Waals surface area contributed by atoms with Crippen LogP contribution >= 0.6 is 11.3 Å². The number of carbonyl (C=O) groups excluding carboxylic acids is 1. The molecule has 0 atom stereocenters. The zero-order valence-electron chi connectivity index (χ0n) is 14.1.